The third-order valence-electron chi connectivity index (χ3n) is 3.08. The number of amides is 2. The predicted octanol–water partition coefficient (Wildman–Crippen LogP) is 3.38. The first-order valence-corrected chi connectivity index (χ1v) is 8.05. The maximum atomic E-state index is 11.8. The highest BCUT2D eigenvalue weighted by atomic mass is 79.9. The molecule has 0 bridgehead atoms. The zero-order valence-electron chi connectivity index (χ0n) is 13.3. The molecule has 0 fully saturated rings. The van der Waals surface area contributed by atoms with Crippen molar-refractivity contribution >= 4 is 39.8 Å². The fourth-order valence-electron chi connectivity index (χ4n) is 1.88. The molecule has 0 saturated heterocycles. The highest BCUT2D eigenvalue weighted by Crippen LogP contribution is 2.25. The summed E-state index contributed by atoms with van der Waals surface area (Å²) in [5.74, 6) is -0.647. The SMILES string of the molecule is Cc1ccccc1NC(=O)NN=Cc1ccc(OCC(=O)O)c(Br)c1. The molecule has 0 atom stereocenters. The molecule has 0 unspecified atom stereocenters. The van der Waals surface area contributed by atoms with Gasteiger partial charge in [-0.15, -0.1) is 0 Å². The van der Waals surface area contributed by atoms with E-state index in [-0.39, 0.29) is 0 Å². The molecule has 0 radical (unpaired) electrons. The first kappa shape index (κ1) is 18.5. The van der Waals surface area contributed by atoms with E-state index in [0.29, 0.717) is 21.5 Å². The molecule has 0 aliphatic heterocycles. The van der Waals surface area contributed by atoms with Crippen LogP contribution in [0.25, 0.3) is 0 Å². The zero-order chi connectivity index (χ0) is 18.2. The number of aliphatic carboxylic acids is 1. The molecule has 7 nitrogen and oxygen atoms in total. The van der Waals surface area contributed by atoms with Crippen LogP contribution in [0.4, 0.5) is 10.5 Å². The molecule has 3 N–H and O–H groups in total. The normalized spacial score (nSPS) is 10.5. The fourth-order valence-corrected chi connectivity index (χ4v) is 2.39. The van der Waals surface area contributed by atoms with E-state index in [1.54, 1.807) is 24.3 Å². The summed E-state index contributed by atoms with van der Waals surface area (Å²) < 4.78 is 5.69. The summed E-state index contributed by atoms with van der Waals surface area (Å²) in [5.41, 5.74) is 4.73. The number of benzene rings is 2. The number of nitrogens with one attached hydrogen (secondary N) is 2. The summed E-state index contributed by atoms with van der Waals surface area (Å²) in [5, 5.41) is 15.2. The lowest BCUT2D eigenvalue weighted by Crippen LogP contribution is -2.24. The number of hydrogen-bond donors (Lipinski definition) is 3. The molecule has 0 aromatic heterocycles. The quantitative estimate of drug-likeness (QED) is 0.506. The van der Waals surface area contributed by atoms with Crippen molar-refractivity contribution in [2.75, 3.05) is 11.9 Å². The average Bonchev–Trinajstić information content (AvgIpc) is 2.56. The maximum absolute atomic E-state index is 11.8. The van der Waals surface area contributed by atoms with Gasteiger partial charge in [-0.1, -0.05) is 18.2 Å². The molecule has 2 amide bonds. The Bertz CT molecular complexity index is 808. The summed E-state index contributed by atoms with van der Waals surface area (Å²) in [4.78, 5) is 22.3. The van der Waals surface area contributed by atoms with Gasteiger partial charge in [0.15, 0.2) is 6.61 Å². The molecular weight excluding hydrogens is 390 g/mol. The minimum absolute atomic E-state index is 0.407. The maximum Gasteiger partial charge on any atom is 0.341 e. The zero-order valence-corrected chi connectivity index (χ0v) is 14.9. The standard InChI is InChI=1S/C17H16BrN3O4/c1-11-4-2-3-5-14(11)20-17(24)21-19-9-12-6-7-15(13(18)8-12)25-10-16(22)23/h2-9H,10H2,1H3,(H,22,23)(H2,20,21,24). The highest BCUT2D eigenvalue weighted by Gasteiger charge is 2.05. The number of hydrazone groups is 1. The van der Waals surface area contributed by atoms with Crippen molar-refractivity contribution in [3.8, 4) is 5.75 Å². The van der Waals surface area contributed by atoms with Crippen molar-refractivity contribution in [3.05, 3.63) is 58.1 Å². The van der Waals surface area contributed by atoms with E-state index in [9.17, 15) is 9.59 Å². The van der Waals surface area contributed by atoms with Crippen LogP contribution in [0.1, 0.15) is 11.1 Å². The molecule has 8 heteroatoms. The van der Waals surface area contributed by atoms with Gasteiger partial charge in [0.25, 0.3) is 0 Å². The van der Waals surface area contributed by atoms with Crippen LogP contribution < -0.4 is 15.5 Å². The van der Waals surface area contributed by atoms with Gasteiger partial charge in [0, 0.05) is 5.69 Å². The smallest absolute Gasteiger partial charge is 0.341 e. The number of carbonyl (C=O) groups is 2. The second-order valence-electron chi connectivity index (χ2n) is 5.01. The van der Waals surface area contributed by atoms with Gasteiger partial charge in [0.1, 0.15) is 5.75 Å². The number of anilines is 1. The molecule has 0 spiro atoms. The van der Waals surface area contributed by atoms with Crippen LogP contribution in [-0.2, 0) is 4.79 Å². The van der Waals surface area contributed by atoms with Crippen molar-refractivity contribution in [1.29, 1.82) is 0 Å². The Labute approximate surface area is 152 Å². The number of rotatable bonds is 6. The van der Waals surface area contributed by atoms with Gasteiger partial charge in [-0.25, -0.2) is 15.0 Å². The fraction of sp³-hybridized carbons (Fsp3) is 0.118. The van der Waals surface area contributed by atoms with E-state index in [1.807, 2.05) is 25.1 Å². The van der Waals surface area contributed by atoms with Gasteiger partial charge in [-0.2, -0.15) is 5.10 Å². The number of nitrogens with zero attached hydrogens (tertiary/aromatic N) is 1. The molecule has 0 saturated carbocycles. The van der Waals surface area contributed by atoms with Crippen LogP contribution in [0.3, 0.4) is 0 Å². The number of carbonyl (C=O) groups excluding carboxylic acids is 1. The van der Waals surface area contributed by atoms with Gasteiger partial charge in [0.05, 0.1) is 10.7 Å². The number of urea groups is 1. The molecular formula is C17H16BrN3O4. The monoisotopic (exact) mass is 405 g/mol. The Hall–Kier alpha value is -2.87. The molecule has 2 aromatic carbocycles. The van der Waals surface area contributed by atoms with Crippen molar-refractivity contribution in [2.45, 2.75) is 6.92 Å². The van der Waals surface area contributed by atoms with Gasteiger partial charge in [-0.05, 0) is 58.2 Å². The Kier molecular flexibility index (Phi) is 6.53. The summed E-state index contributed by atoms with van der Waals surface area (Å²) in [6.45, 7) is 1.47. The number of ether oxygens (including phenoxy) is 1. The minimum Gasteiger partial charge on any atom is -0.481 e. The summed E-state index contributed by atoms with van der Waals surface area (Å²) >= 11 is 3.29. The second-order valence-corrected chi connectivity index (χ2v) is 5.87. The lowest BCUT2D eigenvalue weighted by molar-refractivity contribution is -0.139. The van der Waals surface area contributed by atoms with Crippen molar-refractivity contribution in [1.82, 2.24) is 5.43 Å². The Morgan fingerprint density at radius 1 is 1.28 bits per heavy atom. The minimum atomic E-state index is -1.05. The number of hydrogen-bond acceptors (Lipinski definition) is 4. The molecule has 0 aliphatic rings. The largest absolute Gasteiger partial charge is 0.481 e. The van der Waals surface area contributed by atoms with Crippen LogP contribution in [-0.4, -0.2) is 29.9 Å². The molecule has 2 rings (SSSR count). The first-order chi connectivity index (χ1) is 12.0. The third kappa shape index (κ3) is 5.92. The van der Waals surface area contributed by atoms with Crippen LogP contribution in [0.2, 0.25) is 0 Å². The third-order valence-corrected chi connectivity index (χ3v) is 3.70. The highest BCUT2D eigenvalue weighted by molar-refractivity contribution is 9.10. The number of halogens is 1. The van der Waals surface area contributed by atoms with Crippen molar-refractivity contribution in [3.63, 3.8) is 0 Å². The molecule has 25 heavy (non-hydrogen) atoms. The average molecular weight is 406 g/mol. The van der Waals surface area contributed by atoms with E-state index < -0.39 is 18.6 Å². The number of para-hydroxylation sites is 1. The van der Waals surface area contributed by atoms with E-state index in [4.69, 9.17) is 9.84 Å². The predicted molar refractivity (Wildman–Crippen MR) is 98.2 cm³/mol. The summed E-state index contributed by atoms with van der Waals surface area (Å²) in [6.07, 6.45) is 1.46. The van der Waals surface area contributed by atoms with E-state index in [2.05, 4.69) is 31.8 Å². The Balaban J connectivity index is 1.91. The summed E-state index contributed by atoms with van der Waals surface area (Å²) in [6, 6.07) is 12.0. The van der Waals surface area contributed by atoms with E-state index >= 15 is 0 Å². The number of carboxylic acids is 1. The van der Waals surface area contributed by atoms with Crippen LogP contribution in [0, 0.1) is 6.92 Å². The molecule has 2 aromatic rings. The van der Waals surface area contributed by atoms with E-state index in [0.717, 1.165) is 5.56 Å². The van der Waals surface area contributed by atoms with Crippen LogP contribution >= 0.6 is 15.9 Å². The van der Waals surface area contributed by atoms with Gasteiger partial charge in [0.2, 0.25) is 0 Å². The summed E-state index contributed by atoms with van der Waals surface area (Å²) in [7, 11) is 0. The van der Waals surface area contributed by atoms with Crippen molar-refractivity contribution < 1.29 is 19.4 Å². The van der Waals surface area contributed by atoms with Gasteiger partial charge < -0.3 is 15.2 Å². The Morgan fingerprint density at radius 3 is 2.72 bits per heavy atom. The topological polar surface area (TPSA) is 100 Å². The molecule has 0 aliphatic carbocycles. The van der Waals surface area contributed by atoms with Gasteiger partial charge in [-0.3, -0.25) is 0 Å². The first-order valence-electron chi connectivity index (χ1n) is 7.25. The lowest BCUT2D eigenvalue weighted by atomic mass is 10.2. The van der Waals surface area contributed by atoms with Gasteiger partial charge >= 0.3 is 12.0 Å². The molecule has 0 heterocycles. The second kappa shape index (κ2) is 8.84. The van der Waals surface area contributed by atoms with Crippen LogP contribution in [0.5, 0.6) is 5.75 Å². The molecule has 130 valence electrons. The number of carboxylic acid groups (broad SMARTS) is 1. The Morgan fingerprint density at radius 2 is 2.04 bits per heavy atom. The van der Waals surface area contributed by atoms with E-state index in [1.165, 1.54) is 6.21 Å². The van der Waals surface area contributed by atoms with Crippen LogP contribution in [0.15, 0.2) is 52.0 Å². The van der Waals surface area contributed by atoms with Crippen molar-refractivity contribution in [2.24, 2.45) is 5.10 Å². The lowest BCUT2D eigenvalue weighted by Gasteiger charge is -2.07. The number of aryl methyl sites for hydroxylation is 1.